The first-order chi connectivity index (χ1) is 8.56. The largest absolute Gasteiger partial charge is 0.478 e. The summed E-state index contributed by atoms with van der Waals surface area (Å²) in [7, 11) is 0. The zero-order valence-electron chi connectivity index (χ0n) is 8.93. The quantitative estimate of drug-likeness (QED) is 0.600. The first-order valence-corrected chi connectivity index (χ1v) is 4.85. The van der Waals surface area contributed by atoms with Gasteiger partial charge in [0, 0.05) is 5.69 Å². The second kappa shape index (κ2) is 4.53. The summed E-state index contributed by atoms with van der Waals surface area (Å²) in [6, 6.07) is 5.72. The zero-order valence-corrected chi connectivity index (χ0v) is 8.93. The van der Waals surface area contributed by atoms with E-state index in [0.29, 0.717) is 5.69 Å². The topological polar surface area (TPSA) is 128 Å². The van der Waals surface area contributed by atoms with Gasteiger partial charge in [0.2, 0.25) is 5.82 Å². The summed E-state index contributed by atoms with van der Waals surface area (Å²) < 4.78 is 0. The summed E-state index contributed by atoms with van der Waals surface area (Å²) in [6.07, 6.45) is 0. The third kappa shape index (κ3) is 2.43. The number of carboxylic acid groups (broad SMARTS) is 1. The molecule has 8 nitrogen and oxygen atoms in total. The number of rotatable bonds is 3. The van der Waals surface area contributed by atoms with Crippen LogP contribution in [0.4, 0.5) is 11.5 Å². The highest BCUT2D eigenvalue weighted by Crippen LogP contribution is 2.12. The van der Waals surface area contributed by atoms with E-state index in [9.17, 15) is 14.4 Å². The van der Waals surface area contributed by atoms with Crippen LogP contribution in [0.3, 0.4) is 0 Å². The van der Waals surface area contributed by atoms with E-state index in [1.54, 1.807) is 0 Å². The van der Waals surface area contributed by atoms with Gasteiger partial charge in [-0.3, -0.25) is 9.78 Å². The van der Waals surface area contributed by atoms with Gasteiger partial charge in [0.25, 0.3) is 5.56 Å². The van der Waals surface area contributed by atoms with E-state index in [1.165, 1.54) is 24.3 Å². The molecule has 0 aliphatic carbocycles. The average Bonchev–Trinajstić information content (AvgIpc) is 2.33. The SMILES string of the molecule is O=C(O)c1ccc(Nc2n[nH]c(=O)[nH]c2=O)cc1. The van der Waals surface area contributed by atoms with Gasteiger partial charge < -0.3 is 10.4 Å². The average molecular weight is 248 g/mol. The molecule has 0 bridgehead atoms. The summed E-state index contributed by atoms with van der Waals surface area (Å²) in [6.45, 7) is 0. The highest BCUT2D eigenvalue weighted by Gasteiger charge is 2.04. The van der Waals surface area contributed by atoms with Crippen molar-refractivity contribution in [3.63, 3.8) is 0 Å². The Morgan fingerprint density at radius 3 is 2.44 bits per heavy atom. The molecule has 2 aromatic rings. The summed E-state index contributed by atoms with van der Waals surface area (Å²) >= 11 is 0. The first kappa shape index (κ1) is 11.6. The minimum Gasteiger partial charge on any atom is -0.478 e. The van der Waals surface area contributed by atoms with Crippen LogP contribution in [-0.4, -0.2) is 26.3 Å². The van der Waals surface area contributed by atoms with Crippen LogP contribution in [0.15, 0.2) is 33.9 Å². The van der Waals surface area contributed by atoms with E-state index in [-0.39, 0.29) is 11.4 Å². The molecule has 1 heterocycles. The van der Waals surface area contributed by atoms with Gasteiger partial charge in [-0.15, -0.1) is 5.10 Å². The molecule has 1 aromatic heterocycles. The molecule has 0 saturated heterocycles. The molecule has 0 amide bonds. The molecule has 0 aliphatic rings. The van der Waals surface area contributed by atoms with Crippen molar-refractivity contribution in [1.82, 2.24) is 15.2 Å². The Kier molecular flexibility index (Phi) is 2.92. The number of carboxylic acids is 1. The lowest BCUT2D eigenvalue weighted by Gasteiger charge is -2.03. The highest BCUT2D eigenvalue weighted by atomic mass is 16.4. The summed E-state index contributed by atoms with van der Waals surface area (Å²) in [5.41, 5.74) is -0.762. The van der Waals surface area contributed by atoms with Gasteiger partial charge in [0.1, 0.15) is 0 Å². The van der Waals surface area contributed by atoms with Crippen molar-refractivity contribution < 1.29 is 9.90 Å². The summed E-state index contributed by atoms with van der Waals surface area (Å²) in [5.74, 6) is -1.13. The molecule has 0 saturated carbocycles. The number of aromatic carboxylic acids is 1. The van der Waals surface area contributed by atoms with E-state index in [4.69, 9.17) is 5.11 Å². The Hall–Kier alpha value is -2.90. The van der Waals surface area contributed by atoms with Gasteiger partial charge >= 0.3 is 11.7 Å². The maximum atomic E-state index is 11.3. The van der Waals surface area contributed by atoms with Crippen LogP contribution in [0.5, 0.6) is 0 Å². The molecule has 92 valence electrons. The minimum absolute atomic E-state index is 0.0855. The number of hydrogen-bond donors (Lipinski definition) is 4. The number of nitrogens with one attached hydrogen (secondary N) is 3. The molecule has 0 radical (unpaired) electrons. The van der Waals surface area contributed by atoms with Gasteiger partial charge in [0.05, 0.1) is 5.56 Å². The Bertz CT molecular complexity index is 686. The molecule has 18 heavy (non-hydrogen) atoms. The third-order valence-electron chi connectivity index (χ3n) is 2.11. The number of aromatic amines is 2. The van der Waals surface area contributed by atoms with Crippen molar-refractivity contribution >= 4 is 17.5 Å². The smallest absolute Gasteiger partial charge is 0.342 e. The second-order valence-electron chi connectivity index (χ2n) is 3.36. The van der Waals surface area contributed by atoms with E-state index in [1.807, 2.05) is 4.98 Å². The van der Waals surface area contributed by atoms with Crippen LogP contribution in [0.25, 0.3) is 0 Å². The van der Waals surface area contributed by atoms with Crippen LogP contribution in [0.2, 0.25) is 0 Å². The first-order valence-electron chi connectivity index (χ1n) is 4.85. The van der Waals surface area contributed by atoms with E-state index < -0.39 is 17.2 Å². The molecule has 2 rings (SSSR count). The molecular formula is C10H8N4O4. The van der Waals surface area contributed by atoms with E-state index in [0.717, 1.165) is 0 Å². The highest BCUT2D eigenvalue weighted by molar-refractivity contribution is 5.88. The lowest BCUT2D eigenvalue weighted by molar-refractivity contribution is 0.0697. The number of anilines is 2. The van der Waals surface area contributed by atoms with Gasteiger partial charge in [-0.1, -0.05) is 0 Å². The maximum Gasteiger partial charge on any atom is 0.342 e. The standard InChI is InChI=1S/C10H8N4O4/c15-8-7(13-14-10(18)12-8)11-6-3-1-5(2-4-6)9(16)17/h1-4H,(H,11,13)(H,16,17)(H2,12,14,15,18). The number of H-pyrrole nitrogens is 2. The molecule has 4 N–H and O–H groups in total. The fourth-order valence-corrected chi connectivity index (χ4v) is 1.27. The number of nitrogens with zero attached hydrogens (tertiary/aromatic N) is 1. The van der Waals surface area contributed by atoms with Crippen LogP contribution in [0, 0.1) is 0 Å². The van der Waals surface area contributed by atoms with E-state index >= 15 is 0 Å². The molecule has 0 spiro atoms. The van der Waals surface area contributed by atoms with Crippen molar-refractivity contribution in [1.29, 1.82) is 0 Å². The van der Waals surface area contributed by atoms with Crippen molar-refractivity contribution in [2.75, 3.05) is 5.32 Å². The monoisotopic (exact) mass is 248 g/mol. The maximum absolute atomic E-state index is 11.3. The molecular weight excluding hydrogens is 240 g/mol. The Balaban J connectivity index is 2.26. The predicted molar refractivity (Wildman–Crippen MR) is 62.2 cm³/mol. The van der Waals surface area contributed by atoms with Crippen LogP contribution in [0.1, 0.15) is 10.4 Å². The molecule has 0 atom stereocenters. The Labute approximate surface area is 99.3 Å². The van der Waals surface area contributed by atoms with Crippen molar-refractivity contribution in [3.05, 3.63) is 50.7 Å². The Morgan fingerprint density at radius 1 is 1.22 bits per heavy atom. The van der Waals surface area contributed by atoms with Gasteiger partial charge in [-0.05, 0) is 24.3 Å². The predicted octanol–water partition coefficient (Wildman–Crippen LogP) is -0.100. The van der Waals surface area contributed by atoms with Gasteiger partial charge in [-0.25, -0.2) is 14.7 Å². The van der Waals surface area contributed by atoms with Crippen molar-refractivity contribution in [2.24, 2.45) is 0 Å². The lowest BCUT2D eigenvalue weighted by atomic mass is 10.2. The second-order valence-corrected chi connectivity index (χ2v) is 3.36. The summed E-state index contributed by atoms with van der Waals surface area (Å²) in [4.78, 5) is 34.7. The summed E-state index contributed by atoms with van der Waals surface area (Å²) in [5, 5.41) is 17.0. The molecule has 1 aromatic carbocycles. The molecule has 0 fully saturated rings. The number of hydrogen-bond acceptors (Lipinski definition) is 5. The third-order valence-corrected chi connectivity index (χ3v) is 2.11. The van der Waals surface area contributed by atoms with Crippen LogP contribution in [-0.2, 0) is 0 Å². The fourth-order valence-electron chi connectivity index (χ4n) is 1.27. The Morgan fingerprint density at radius 2 is 1.89 bits per heavy atom. The van der Waals surface area contributed by atoms with Crippen LogP contribution < -0.4 is 16.6 Å². The number of carbonyl (C=O) groups is 1. The van der Waals surface area contributed by atoms with Gasteiger partial charge in [0.15, 0.2) is 0 Å². The molecule has 8 heteroatoms. The van der Waals surface area contributed by atoms with Crippen molar-refractivity contribution in [3.8, 4) is 0 Å². The van der Waals surface area contributed by atoms with E-state index in [2.05, 4.69) is 15.5 Å². The molecule has 0 unspecified atom stereocenters. The zero-order chi connectivity index (χ0) is 13.1. The molecule has 0 aliphatic heterocycles. The number of aromatic nitrogens is 3. The lowest BCUT2D eigenvalue weighted by Crippen LogP contribution is -2.25. The fraction of sp³-hybridized carbons (Fsp3) is 0. The van der Waals surface area contributed by atoms with Crippen LogP contribution >= 0.6 is 0 Å². The van der Waals surface area contributed by atoms with Crippen molar-refractivity contribution in [2.45, 2.75) is 0 Å². The normalized spacial score (nSPS) is 10.0. The number of benzene rings is 1. The van der Waals surface area contributed by atoms with Gasteiger partial charge in [-0.2, -0.15) is 0 Å². The minimum atomic E-state index is -1.04.